The average molecular weight is 314 g/mol. The van der Waals surface area contributed by atoms with Crippen LogP contribution in [0.2, 0.25) is 0 Å². The number of hydrogen-bond donors (Lipinski definition) is 1. The monoisotopic (exact) mass is 314 g/mol. The Balaban J connectivity index is 1.65. The lowest BCUT2D eigenvalue weighted by molar-refractivity contribution is -0.140. The molecule has 2 nitrogen and oxygen atoms in total. The lowest BCUT2D eigenvalue weighted by atomic mass is 9.70. The Labute approximate surface area is 140 Å². The maximum atomic E-state index is 11.4. The van der Waals surface area contributed by atoms with Crippen molar-refractivity contribution in [1.29, 1.82) is 0 Å². The minimum Gasteiger partial charge on any atom is -0.382 e. The molecule has 2 aliphatic carbocycles. The van der Waals surface area contributed by atoms with Gasteiger partial charge in [0.25, 0.3) is 0 Å². The number of ether oxygens (including phenoxy) is 1. The van der Waals surface area contributed by atoms with Gasteiger partial charge in [-0.25, -0.2) is 0 Å². The first-order chi connectivity index (χ1) is 10.8. The molecule has 2 bridgehead atoms. The molecule has 1 aromatic rings. The van der Waals surface area contributed by atoms with E-state index in [2.05, 4.69) is 27.7 Å². The van der Waals surface area contributed by atoms with Crippen LogP contribution in [0.5, 0.6) is 0 Å². The molecule has 6 atom stereocenters. The predicted molar refractivity (Wildman–Crippen MR) is 92.0 cm³/mol. The second-order valence-electron chi connectivity index (χ2n) is 8.87. The van der Waals surface area contributed by atoms with E-state index < -0.39 is 5.60 Å². The summed E-state index contributed by atoms with van der Waals surface area (Å²) in [6.45, 7) is 9.37. The molecule has 3 aliphatic rings. The fourth-order valence-electron chi connectivity index (χ4n) is 6.17. The smallest absolute Gasteiger partial charge is 0.115 e. The van der Waals surface area contributed by atoms with Crippen molar-refractivity contribution in [3.8, 4) is 0 Å². The zero-order chi connectivity index (χ0) is 16.5. The Morgan fingerprint density at radius 3 is 2.52 bits per heavy atom. The second-order valence-corrected chi connectivity index (χ2v) is 8.87. The molecule has 0 unspecified atom stereocenters. The molecular formula is C21H30O2. The van der Waals surface area contributed by atoms with Crippen molar-refractivity contribution in [1.82, 2.24) is 0 Å². The third-order valence-corrected chi connectivity index (χ3v) is 8.05. The van der Waals surface area contributed by atoms with E-state index in [9.17, 15) is 5.11 Å². The lowest BCUT2D eigenvalue weighted by Gasteiger charge is -2.41. The van der Waals surface area contributed by atoms with Crippen molar-refractivity contribution >= 4 is 0 Å². The summed E-state index contributed by atoms with van der Waals surface area (Å²) in [5.74, 6) is 1.37. The van der Waals surface area contributed by atoms with Gasteiger partial charge < -0.3 is 9.84 Å². The molecule has 0 aromatic heterocycles. The highest BCUT2D eigenvalue weighted by atomic mass is 16.5. The van der Waals surface area contributed by atoms with Gasteiger partial charge in [0.05, 0.1) is 12.2 Å². The van der Waals surface area contributed by atoms with E-state index in [1.165, 1.54) is 12.8 Å². The Hall–Kier alpha value is -0.860. The molecule has 0 radical (unpaired) electrons. The Morgan fingerprint density at radius 2 is 1.91 bits per heavy atom. The highest BCUT2D eigenvalue weighted by Crippen LogP contribution is 2.71. The summed E-state index contributed by atoms with van der Waals surface area (Å²) < 4.78 is 6.62. The van der Waals surface area contributed by atoms with Crippen LogP contribution in [0.15, 0.2) is 30.3 Å². The summed E-state index contributed by atoms with van der Waals surface area (Å²) in [7, 11) is 0. The number of hydrogen-bond acceptors (Lipinski definition) is 2. The van der Waals surface area contributed by atoms with Crippen molar-refractivity contribution in [2.45, 2.75) is 71.2 Å². The normalized spacial score (nSPS) is 43.3. The van der Waals surface area contributed by atoms with Crippen LogP contribution in [0.25, 0.3) is 0 Å². The molecule has 0 amide bonds. The first-order valence-electron chi connectivity index (χ1n) is 9.28. The Kier molecular flexibility index (Phi) is 3.29. The van der Waals surface area contributed by atoms with Gasteiger partial charge in [-0.1, -0.05) is 58.0 Å². The van der Waals surface area contributed by atoms with Crippen molar-refractivity contribution in [2.75, 3.05) is 0 Å². The molecule has 3 fully saturated rings. The van der Waals surface area contributed by atoms with Crippen molar-refractivity contribution < 1.29 is 9.84 Å². The van der Waals surface area contributed by atoms with Gasteiger partial charge in [-0.15, -0.1) is 0 Å². The molecular weight excluding hydrogens is 284 g/mol. The molecule has 1 heterocycles. The summed E-state index contributed by atoms with van der Waals surface area (Å²) in [6, 6.07) is 10.1. The maximum Gasteiger partial charge on any atom is 0.115 e. The van der Waals surface area contributed by atoms with Crippen LogP contribution < -0.4 is 0 Å². The van der Waals surface area contributed by atoms with Crippen LogP contribution in [0, 0.1) is 22.7 Å². The summed E-state index contributed by atoms with van der Waals surface area (Å²) in [6.07, 6.45) is 4.56. The van der Waals surface area contributed by atoms with Crippen molar-refractivity contribution in [3.05, 3.63) is 35.9 Å². The molecule has 1 aromatic carbocycles. The van der Waals surface area contributed by atoms with E-state index in [1.54, 1.807) is 0 Å². The van der Waals surface area contributed by atoms with Gasteiger partial charge in [0.2, 0.25) is 0 Å². The van der Waals surface area contributed by atoms with E-state index in [4.69, 9.17) is 4.74 Å². The molecule has 126 valence electrons. The van der Waals surface area contributed by atoms with E-state index in [1.807, 2.05) is 30.3 Å². The summed E-state index contributed by atoms with van der Waals surface area (Å²) in [4.78, 5) is 0. The largest absolute Gasteiger partial charge is 0.382 e. The van der Waals surface area contributed by atoms with Crippen LogP contribution in [0.1, 0.15) is 58.9 Å². The Morgan fingerprint density at radius 1 is 1.22 bits per heavy atom. The van der Waals surface area contributed by atoms with Gasteiger partial charge in [0, 0.05) is 0 Å². The number of fused-ring (bicyclic) bond motifs is 5. The Bertz CT molecular complexity index is 595. The SMILES string of the molecule is CC[C@](O)(c1ccccc1)[C@H]1C[C@@H]2[C@H]3CC[C@@](C)([C@@H]2O1)C3(C)C. The van der Waals surface area contributed by atoms with Crippen molar-refractivity contribution in [3.63, 3.8) is 0 Å². The average Bonchev–Trinajstić information content (AvgIpc) is 3.14. The van der Waals surface area contributed by atoms with E-state index in [0.29, 0.717) is 23.9 Å². The lowest BCUT2D eigenvalue weighted by Crippen LogP contribution is -2.43. The number of rotatable bonds is 3. The zero-order valence-electron chi connectivity index (χ0n) is 14.9. The first kappa shape index (κ1) is 15.7. The van der Waals surface area contributed by atoms with Crippen LogP contribution in [-0.2, 0) is 10.3 Å². The molecule has 2 saturated carbocycles. The molecule has 4 rings (SSSR count). The molecule has 0 spiro atoms. The molecule has 23 heavy (non-hydrogen) atoms. The summed E-state index contributed by atoms with van der Waals surface area (Å²) in [5.41, 5.74) is 0.780. The van der Waals surface area contributed by atoms with Gasteiger partial charge in [0.1, 0.15) is 5.60 Å². The van der Waals surface area contributed by atoms with Crippen LogP contribution >= 0.6 is 0 Å². The summed E-state index contributed by atoms with van der Waals surface area (Å²) >= 11 is 0. The minimum absolute atomic E-state index is 0.0686. The third kappa shape index (κ3) is 1.83. The zero-order valence-corrected chi connectivity index (χ0v) is 14.9. The van der Waals surface area contributed by atoms with Gasteiger partial charge in [-0.05, 0) is 53.9 Å². The van der Waals surface area contributed by atoms with Gasteiger partial charge in [0.15, 0.2) is 0 Å². The highest BCUT2D eigenvalue weighted by Gasteiger charge is 2.70. The standard InChI is InChI=1S/C21H30O2/c1-5-21(22,14-9-7-6-8-10-14)17-13-15-16-11-12-20(4,18(15)23-17)19(16,2)3/h6-10,15-18,22H,5,11-13H2,1-4H3/t15-,16-,17-,18-,20+,21+/m1/s1. The van der Waals surface area contributed by atoms with Crippen LogP contribution in [0.4, 0.5) is 0 Å². The van der Waals surface area contributed by atoms with Crippen LogP contribution in [-0.4, -0.2) is 17.3 Å². The second kappa shape index (κ2) is 4.83. The first-order valence-corrected chi connectivity index (χ1v) is 9.28. The summed E-state index contributed by atoms with van der Waals surface area (Å²) in [5, 5.41) is 11.4. The number of benzene rings is 1. The quantitative estimate of drug-likeness (QED) is 0.889. The molecule has 1 N–H and O–H groups in total. The maximum absolute atomic E-state index is 11.4. The van der Waals surface area contributed by atoms with Crippen molar-refractivity contribution in [2.24, 2.45) is 22.7 Å². The minimum atomic E-state index is -0.856. The molecule has 1 aliphatic heterocycles. The third-order valence-electron chi connectivity index (χ3n) is 8.05. The van der Waals surface area contributed by atoms with E-state index >= 15 is 0 Å². The fraction of sp³-hybridized carbons (Fsp3) is 0.714. The topological polar surface area (TPSA) is 29.5 Å². The van der Waals surface area contributed by atoms with E-state index in [-0.39, 0.29) is 11.5 Å². The van der Waals surface area contributed by atoms with E-state index in [0.717, 1.165) is 17.9 Å². The van der Waals surface area contributed by atoms with Crippen LogP contribution in [0.3, 0.4) is 0 Å². The van der Waals surface area contributed by atoms with Gasteiger partial charge in [-0.2, -0.15) is 0 Å². The van der Waals surface area contributed by atoms with Gasteiger partial charge >= 0.3 is 0 Å². The fourth-order valence-corrected chi connectivity index (χ4v) is 6.17. The number of aliphatic hydroxyl groups is 1. The molecule has 1 saturated heterocycles. The predicted octanol–water partition coefficient (Wildman–Crippen LogP) is 4.51. The van der Waals surface area contributed by atoms with Gasteiger partial charge in [-0.3, -0.25) is 0 Å². The highest BCUT2D eigenvalue weighted by molar-refractivity contribution is 5.26. The molecule has 2 heteroatoms.